The van der Waals surface area contributed by atoms with Gasteiger partial charge in [0.15, 0.2) is 0 Å². The van der Waals surface area contributed by atoms with Gasteiger partial charge in [0.1, 0.15) is 0 Å². The summed E-state index contributed by atoms with van der Waals surface area (Å²) in [5, 5.41) is 0. The molecule has 19 heavy (non-hydrogen) atoms. The standard InChI is InChI=1S/C15H19N3O/c1-17-18-14-6-3-11(4-7-14)15-8-5-13(16)9-12(15)10-19-2/h3-9,17-18H,10,16H2,1-2H3. The van der Waals surface area contributed by atoms with E-state index in [-0.39, 0.29) is 0 Å². The maximum atomic E-state index is 5.83. The lowest BCUT2D eigenvalue weighted by molar-refractivity contribution is 0.185. The molecule has 0 fully saturated rings. The molecular formula is C15H19N3O. The lowest BCUT2D eigenvalue weighted by atomic mass is 9.99. The van der Waals surface area contributed by atoms with E-state index in [2.05, 4.69) is 23.0 Å². The van der Waals surface area contributed by atoms with Crippen LogP contribution in [0.3, 0.4) is 0 Å². The molecule has 0 atom stereocenters. The van der Waals surface area contributed by atoms with Gasteiger partial charge in [0.05, 0.1) is 6.61 Å². The molecule has 4 N–H and O–H groups in total. The number of nitrogens with two attached hydrogens (primary N) is 1. The zero-order valence-corrected chi connectivity index (χ0v) is 11.2. The van der Waals surface area contributed by atoms with E-state index in [1.165, 1.54) is 0 Å². The van der Waals surface area contributed by atoms with E-state index in [4.69, 9.17) is 10.5 Å². The molecule has 4 nitrogen and oxygen atoms in total. The number of hydrogen-bond acceptors (Lipinski definition) is 4. The molecule has 0 amide bonds. The first-order valence-corrected chi connectivity index (χ1v) is 6.15. The van der Waals surface area contributed by atoms with Crippen LogP contribution in [-0.4, -0.2) is 14.2 Å². The van der Waals surface area contributed by atoms with Crippen LogP contribution in [0.25, 0.3) is 11.1 Å². The van der Waals surface area contributed by atoms with Gasteiger partial charge < -0.3 is 15.9 Å². The molecule has 2 aromatic rings. The Bertz CT molecular complexity index is 538. The van der Waals surface area contributed by atoms with Crippen LogP contribution in [0.4, 0.5) is 11.4 Å². The molecule has 0 aliphatic rings. The van der Waals surface area contributed by atoms with Gasteiger partial charge in [0.25, 0.3) is 0 Å². The fraction of sp³-hybridized carbons (Fsp3) is 0.200. The summed E-state index contributed by atoms with van der Waals surface area (Å²) >= 11 is 0. The second-order valence-electron chi connectivity index (χ2n) is 4.30. The lowest BCUT2D eigenvalue weighted by Crippen LogP contribution is -2.14. The first kappa shape index (κ1) is 13.4. The molecule has 0 saturated heterocycles. The van der Waals surface area contributed by atoms with Crippen LogP contribution in [0.2, 0.25) is 0 Å². The van der Waals surface area contributed by atoms with Gasteiger partial charge in [0.2, 0.25) is 0 Å². The third kappa shape index (κ3) is 3.24. The van der Waals surface area contributed by atoms with Crippen LogP contribution >= 0.6 is 0 Å². The van der Waals surface area contributed by atoms with Crippen molar-refractivity contribution in [3.63, 3.8) is 0 Å². The van der Waals surface area contributed by atoms with Crippen molar-refractivity contribution in [1.82, 2.24) is 5.43 Å². The SMILES string of the molecule is CNNc1ccc(-c2ccc(N)cc2COC)cc1. The minimum Gasteiger partial charge on any atom is -0.399 e. The third-order valence-electron chi connectivity index (χ3n) is 2.89. The number of hydrazine groups is 1. The van der Waals surface area contributed by atoms with Gasteiger partial charge >= 0.3 is 0 Å². The number of methoxy groups -OCH3 is 1. The number of nitrogen functional groups attached to an aromatic ring is 1. The van der Waals surface area contributed by atoms with E-state index in [1.807, 2.05) is 37.4 Å². The molecule has 0 bridgehead atoms. The predicted molar refractivity (Wildman–Crippen MR) is 79.7 cm³/mol. The molecule has 2 rings (SSSR count). The number of anilines is 2. The van der Waals surface area contributed by atoms with Crippen LogP contribution in [0, 0.1) is 0 Å². The van der Waals surface area contributed by atoms with Crippen LogP contribution in [0.15, 0.2) is 42.5 Å². The van der Waals surface area contributed by atoms with Gasteiger partial charge in [-0.2, -0.15) is 0 Å². The van der Waals surface area contributed by atoms with Crippen molar-refractivity contribution in [2.75, 3.05) is 25.3 Å². The minimum absolute atomic E-state index is 0.552. The molecule has 100 valence electrons. The Balaban J connectivity index is 2.34. The molecular weight excluding hydrogens is 238 g/mol. The van der Waals surface area contributed by atoms with E-state index in [9.17, 15) is 0 Å². The average Bonchev–Trinajstić information content (AvgIpc) is 2.41. The second kappa shape index (κ2) is 6.22. The summed E-state index contributed by atoms with van der Waals surface area (Å²) in [5.41, 5.74) is 16.9. The summed E-state index contributed by atoms with van der Waals surface area (Å²) in [6.07, 6.45) is 0. The zero-order valence-electron chi connectivity index (χ0n) is 11.2. The zero-order chi connectivity index (χ0) is 13.7. The van der Waals surface area contributed by atoms with E-state index < -0.39 is 0 Å². The van der Waals surface area contributed by atoms with Crippen molar-refractivity contribution < 1.29 is 4.74 Å². The number of nitrogens with one attached hydrogen (secondary N) is 2. The predicted octanol–water partition coefficient (Wildman–Crippen LogP) is 2.63. The number of hydrogen-bond donors (Lipinski definition) is 3. The first-order chi connectivity index (χ1) is 9.24. The van der Waals surface area contributed by atoms with Crippen LogP contribution in [0.5, 0.6) is 0 Å². The monoisotopic (exact) mass is 257 g/mol. The Morgan fingerprint density at radius 1 is 1.11 bits per heavy atom. The molecule has 0 unspecified atom stereocenters. The Morgan fingerprint density at radius 3 is 2.47 bits per heavy atom. The van der Waals surface area contributed by atoms with Crippen molar-refractivity contribution in [3.8, 4) is 11.1 Å². The largest absolute Gasteiger partial charge is 0.399 e. The third-order valence-corrected chi connectivity index (χ3v) is 2.89. The fourth-order valence-electron chi connectivity index (χ4n) is 2.05. The second-order valence-corrected chi connectivity index (χ2v) is 4.30. The average molecular weight is 257 g/mol. The van der Waals surface area contributed by atoms with Crippen LogP contribution in [0.1, 0.15) is 5.56 Å². The van der Waals surface area contributed by atoms with E-state index in [0.717, 1.165) is 28.1 Å². The van der Waals surface area contributed by atoms with Crippen molar-refractivity contribution in [2.45, 2.75) is 6.61 Å². The summed E-state index contributed by atoms with van der Waals surface area (Å²) in [5.74, 6) is 0. The number of rotatable bonds is 5. The van der Waals surface area contributed by atoms with Crippen molar-refractivity contribution in [1.29, 1.82) is 0 Å². The van der Waals surface area contributed by atoms with Crippen LogP contribution in [-0.2, 0) is 11.3 Å². The molecule has 0 saturated carbocycles. The summed E-state index contributed by atoms with van der Waals surface area (Å²) in [4.78, 5) is 0. The fourth-order valence-corrected chi connectivity index (χ4v) is 2.05. The smallest absolute Gasteiger partial charge is 0.0719 e. The first-order valence-electron chi connectivity index (χ1n) is 6.15. The van der Waals surface area contributed by atoms with Crippen molar-refractivity contribution in [2.24, 2.45) is 0 Å². The van der Waals surface area contributed by atoms with Crippen molar-refractivity contribution in [3.05, 3.63) is 48.0 Å². The van der Waals surface area contributed by atoms with Gasteiger partial charge in [-0.25, -0.2) is 5.43 Å². The Hall–Kier alpha value is -2.04. The van der Waals surface area contributed by atoms with Gasteiger partial charge in [-0.05, 0) is 41.0 Å². The Kier molecular flexibility index (Phi) is 4.39. The Morgan fingerprint density at radius 2 is 1.84 bits per heavy atom. The topological polar surface area (TPSA) is 59.3 Å². The Labute approximate surface area is 113 Å². The van der Waals surface area contributed by atoms with Gasteiger partial charge in [0, 0.05) is 25.5 Å². The van der Waals surface area contributed by atoms with Crippen molar-refractivity contribution >= 4 is 11.4 Å². The van der Waals surface area contributed by atoms with E-state index in [0.29, 0.717) is 6.61 Å². The number of ether oxygens (including phenoxy) is 1. The maximum Gasteiger partial charge on any atom is 0.0719 e. The molecule has 0 radical (unpaired) electrons. The molecule has 0 aliphatic carbocycles. The quantitative estimate of drug-likeness (QED) is 0.569. The molecule has 0 aliphatic heterocycles. The van der Waals surface area contributed by atoms with E-state index >= 15 is 0 Å². The summed E-state index contributed by atoms with van der Waals surface area (Å²) in [6.45, 7) is 0.552. The highest BCUT2D eigenvalue weighted by Crippen LogP contribution is 2.27. The lowest BCUT2D eigenvalue weighted by Gasteiger charge is -2.11. The summed E-state index contributed by atoms with van der Waals surface area (Å²) < 4.78 is 5.23. The molecule has 0 aromatic heterocycles. The van der Waals surface area contributed by atoms with Gasteiger partial charge in [-0.1, -0.05) is 18.2 Å². The molecule has 2 aromatic carbocycles. The molecule has 0 spiro atoms. The maximum absolute atomic E-state index is 5.83. The van der Waals surface area contributed by atoms with Crippen LogP contribution < -0.4 is 16.6 Å². The molecule has 0 heterocycles. The highest BCUT2D eigenvalue weighted by Gasteiger charge is 2.05. The van der Waals surface area contributed by atoms with Gasteiger partial charge in [-0.3, -0.25) is 0 Å². The normalized spacial score (nSPS) is 10.4. The van der Waals surface area contributed by atoms with Gasteiger partial charge in [-0.15, -0.1) is 0 Å². The highest BCUT2D eigenvalue weighted by atomic mass is 16.5. The summed E-state index contributed by atoms with van der Waals surface area (Å²) in [6, 6.07) is 14.1. The number of benzene rings is 2. The summed E-state index contributed by atoms with van der Waals surface area (Å²) in [7, 11) is 3.53. The minimum atomic E-state index is 0.552. The highest BCUT2D eigenvalue weighted by molar-refractivity contribution is 5.71. The van der Waals surface area contributed by atoms with E-state index in [1.54, 1.807) is 7.11 Å². The molecule has 4 heteroatoms.